The zero-order valence-electron chi connectivity index (χ0n) is 9.70. The summed E-state index contributed by atoms with van der Waals surface area (Å²) in [5.41, 5.74) is 1.56. The van der Waals surface area contributed by atoms with E-state index in [2.05, 4.69) is 20.7 Å². The van der Waals surface area contributed by atoms with Crippen LogP contribution in [-0.2, 0) is 10.0 Å². The van der Waals surface area contributed by atoms with E-state index in [0.717, 1.165) is 10.0 Å². The summed E-state index contributed by atoms with van der Waals surface area (Å²) in [6.45, 7) is 3.71. The number of hydrogen-bond donors (Lipinski definition) is 1. The van der Waals surface area contributed by atoms with Crippen molar-refractivity contribution < 1.29 is 8.42 Å². The Morgan fingerprint density at radius 3 is 2.71 bits per heavy atom. The van der Waals surface area contributed by atoms with E-state index in [-0.39, 0.29) is 11.7 Å². The average Bonchev–Trinajstić information content (AvgIpc) is 2.22. The van der Waals surface area contributed by atoms with Crippen molar-refractivity contribution in [2.24, 2.45) is 5.92 Å². The van der Waals surface area contributed by atoms with E-state index >= 15 is 0 Å². The third kappa shape index (κ3) is 4.85. The van der Waals surface area contributed by atoms with Crippen molar-refractivity contribution in [1.29, 1.82) is 0 Å². The Morgan fingerprint density at radius 1 is 1.47 bits per heavy atom. The lowest BCUT2D eigenvalue weighted by molar-refractivity contribution is 0.588. The van der Waals surface area contributed by atoms with Gasteiger partial charge in [0.05, 0.1) is 11.4 Å². The van der Waals surface area contributed by atoms with Crippen molar-refractivity contribution in [2.75, 3.05) is 16.4 Å². The van der Waals surface area contributed by atoms with Crippen LogP contribution in [0.4, 0.5) is 5.69 Å². The van der Waals surface area contributed by atoms with Crippen LogP contribution in [0.5, 0.6) is 0 Å². The molecule has 0 heterocycles. The molecule has 0 aromatic heterocycles. The highest BCUT2D eigenvalue weighted by Crippen LogP contribution is 2.24. The number of rotatable bonds is 5. The van der Waals surface area contributed by atoms with Gasteiger partial charge in [0, 0.05) is 10.4 Å². The third-order valence-corrected chi connectivity index (χ3v) is 4.91. The van der Waals surface area contributed by atoms with Crippen molar-refractivity contribution in [3.8, 4) is 0 Å². The fourth-order valence-electron chi connectivity index (χ4n) is 1.35. The van der Waals surface area contributed by atoms with Gasteiger partial charge in [0.2, 0.25) is 10.0 Å². The lowest BCUT2D eigenvalue weighted by Crippen LogP contribution is -2.22. The van der Waals surface area contributed by atoms with Crippen LogP contribution in [0.15, 0.2) is 22.7 Å². The van der Waals surface area contributed by atoms with E-state index < -0.39 is 10.0 Å². The second-order valence-corrected chi connectivity index (χ2v) is 7.06. The molecule has 0 fully saturated rings. The summed E-state index contributed by atoms with van der Waals surface area (Å²) < 4.78 is 27.0. The van der Waals surface area contributed by atoms with Gasteiger partial charge in [-0.1, -0.05) is 13.0 Å². The molecular weight excluding hydrogens is 326 g/mol. The Labute approximate surface area is 116 Å². The van der Waals surface area contributed by atoms with Gasteiger partial charge in [-0.2, -0.15) is 0 Å². The molecule has 1 atom stereocenters. The molecule has 0 amide bonds. The predicted octanol–water partition coefficient (Wildman–Crippen LogP) is 3.37. The summed E-state index contributed by atoms with van der Waals surface area (Å²) in [4.78, 5) is 0. The Balaban J connectivity index is 2.86. The Bertz CT molecular complexity index is 490. The van der Waals surface area contributed by atoms with Crippen molar-refractivity contribution in [3.63, 3.8) is 0 Å². The fraction of sp³-hybridized carbons (Fsp3) is 0.455. The maximum atomic E-state index is 11.8. The van der Waals surface area contributed by atoms with Crippen LogP contribution in [0.25, 0.3) is 0 Å². The van der Waals surface area contributed by atoms with Gasteiger partial charge in [-0.15, -0.1) is 11.6 Å². The smallest absolute Gasteiger partial charge is 0.233 e. The Hall–Kier alpha value is -0.260. The number of aryl methyl sites for hydroxylation is 1. The van der Waals surface area contributed by atoms with E-state index in [0.29, 0.717) is 11.6 Å². The first-order valence-corrected chi connectivity index (χ1v) is 8.14. The van der Waals surface area contributed by atoms with Crippen molar-refractivity contribution >= 4 is 43.2 Å². The van der Waals surface area contributed by atoms with Crippen molar-refractivity contribution in [2.45, 2.75) is 13.8 Å². The average molecular weight is 341 g/mol. The number of anilines is 1. The van der Waals surface area contributed by atoms with Crippen molar-refractivity contribution in [3.05, 3.63) is 28.2 Å². The monoisotopic (exact) mass is 339 g/mol. The molecule has 1 aromatic carbocycles. The molecule has 1 unspecified atom stereocenters. The molecule has 6 heteroatoms. The van der Waals surface area contributed by atoms with Gasteiger partial charge < -0.3 is 0 Å². The number of alkyl halides is 1. The second-order valence-electron chi connectivity index (χ2n) is 4.13. The summed E-state index contributed by atoms with van der Waals surface area (Å²) >= 11 is 8.93. The molecule has 0 saturated heterocycles. The molecular formula is C11H15BrClNO2S. The minimum atomic E-state index is -3.35. The molecule has 0 aliphatic rings. The quantitative estimate of drug-likeness (QED) is 0.835. The molecule has 3 nitrogen and oxygen atoms in total. The molecule has 0 aliphatic heterocycles. The van der Waals surface area contributed by atoms with Gasteiger partial charge in [0.25, 0.3) is 0 Å². The van der Waals surface area contributed by atoms with E-state index in [4.69, 9.17) is 11.6 Å². The molecule has 0 spiro atoms. The summed E-state index contributed by atoms with van der Waals surface area (Å²) in [5, 5.41) is 0. The van der Waals surface area contributed by atoms with Crippen LogP contribution in [0.2, 0.25) is 0 Å². The van der Waals surface area contributed by atoms with Crippen molar-refractivity contribution in [1.82, 2.24) is 0 Å². The summed E-state index contributed by atoms with van der Waals surface area (Å²) in [5.74, 6) is 0.282. The van der Waals surface area contributed by atoms with E-state index in [9.17, 15) is 8.42 Å². The molecule has 0 aliphatic carbocycles. The minimum absolute atomic E-state index is 0.0247. The van der Waals surface area contributed by atoms with Crippen LogP contribution < -0.4 is 4.72 Å². The van der Waals surface area contributed by atoms with Gasteiger partial charge in [0.1, 0.15) is 0 Å². The Morgan fingerprint density at radius 2 is 2.12 bits per heavy atom. The largest absolute Gasteiger partial charge is 0.282 e. The molecule has 0 saturated carbocycles. The fourth-order valence-corrected chi connectivity index (χ4v) is 3.52. The SMILES string of the molecule is Cc1ccc(Br)c(NS(=O)(=O)CC(C)CCl)c1. The van der Waals surface area contributed by atoms with Crippen LogP contribution in [0, 0.1) is 12.8 Å². The standard InChI is InChI=1S/C11H15BrClNO2S/c1-8-3-4-10(12)11(5-8)14-17(15,16)7-9(2)6-13/h3-5,9,14H,6-7H2,1-2H3. The zero-order valence-corrected chi connectivity index (χ0v) is 12.9. The molecule has 1 N–H and O–H groups in total. The van der Waals surface area contributed by atoms with Gasteiger partial charge >= 0.3 is 0 Å². The normalized spacial score (nSPS) is 13.4. The van der Waals surface area contributed by atoms with E-state index in [1.807, 2.05) is 19.1 Å². The molecule has 0 bridgehead atoms. The second kappa shape index (κ2) is 6.07. The molecule has 1 rings (SSSR count). The predicted molar refractivity (Wildman–Crippen MR) is 76.2 cm³/mol. The molecule has 0 radical (unpaired) electrons. The van der Waals surface area contributed by atoms with Gasteiger partial charge in [-0.25, -0.2) is 8.42 Å². The number of benzene rings is 1. The summed E-state index contributed by atoms with van der Waals surface area (Å²) in [7, 11) is -3.35. The summed E-state index contributed by atoms with van der Waals surface area (Å²) in [6.07, 6.45) is 0. The van der Waals surface area contributed by atoms with Crippen LogP contribution in [0.3, 0.4) is 0 Å². The first kappa shape index (κ1) is 14.8. The topological polar surface area (TPSA) is 46.2 Å². The van der Waals surface area contributed by atoms with Gasteiger partial charge in [0.15, 0.2) is 0 Å². The first-order chi connectivity index (χ1) is 7.84. The zero-order chi connectivity index (χ0) is 13.1. The molecule has 17 heavy (non-hydrogen) atoms. The van der Waals surface area contributed by atoms with Gasteiger partial charge in [-0.3, -0.25) is 4.72 Å². The first-order valence-electron chi connectivity index (χ1n) is 5.16. The lowest BCUT2D eigenvalue weighted by Gasteiger charge is -2.12. The lowest BCUT2D eigenvalue weighted by atomic mass is 10.2. The molecule has 96 valence electrons. The highest BCUT2D eigenvalue weighted by Gasteiger charge is 2.16. The number of hydrogen-bond acceptors (Lipinski definition) is 2. The van der Waals surface area contributed by atoms with Crippen LogP contribution in [0.1, 0.15) is 12.5 Å². The third-order valence-electron chi connectivity index (χ3n) is 2.15. The molecule has 1 aromatic rings. The van der Waals surface area contributed by atoms with Crippen LogP contribution >= 0.6 is 27.5 Å². The number of nitrogens with one attached hydrogen (secondary N) is 1. The number of sulfonamides is 1. The highest BCUT2D eigenvalue weighted by atomic mass is 79.9. The maximum Gasteiger partial charge on any atom is 0.233 e. The van der Waals surface area contributed by atoms with Gasteiger partial charge in [-0.05, 0) is 46.5 Å². The Kier molecular flexibility index (Phi) is 5.28. The van der Waals surface area contributed by atoms with E-state index in [1.54, 1.807) is 13.0 Å². The van der Waals surface area contributed by atoms with E-state index in [1.165, 1.54) is 0 Å². The number of halogens is 2. The minimum Gasteiger partial charge on any atom is -0.282 e. The highest BCUT2D eigenvalue weighted by molar-refractivity contribution is 9.10. The van der Waals surface area contributed by atoms with Crippen LogP contribution in [-0.4, -0.2) is 20.1 Å². The maximum absolute atomic E-state index is 11.8. The summed E-state index contributed by atoms with van der Waals surface area (Å²) in [6, 6.07) is 5.51.